The normalized spacial score (nSPS) is 15.1. The summed E-state index contributed by atoms with van der Waals surface area (Å²) in [6, 6.07) is 16.0. The number of aromatic nitrogens is 2. The minimum absolute atomic E-state index is 0.717. The zero-order valence-corrected chi connectivity index (χ0v) is 13.4. The van der Waals surface area contributed by atoms with Crippen LogP contribution in [0.2, 0.25) is 5.02 Å². The third kappa shape index (κ3) is 2.87. The van der Waals surface area contributed by atoms with E-state index in [2.05, 4.69) is 16.3 Å². The highest BCUT2D eigenvalue weighted by Crippen LogP contribution is 2.29. The van der Waals surface area contributed by atoms with Crippen LogP contribution in [0.15, 0.2) is 48.5 Å². The van der Waals surface area contributed by atoms with E-state index in [0.29, 0.717) is 5.02 Å². The van der Waals surface area contributed by atoms with Crippen LogP contribution in [-0.4, -0.2) is 36.1 Å². The lowest BCUT2D eigenvalue weighted by atomic mass is 10.1. The Morgan fingerprint density at radius 1 is 0.957 bits per heavy atom. The number of hydrogen-bond acceptors (Lipinski definition) is 4. The summed E-state index contributed by atoms with van der Waals surface area (Å²) in [5.74, 6) is 0.792. The van der Waals surface area contributed by atoms with Crippen molar-refractivity contribution in [2.45, 2.75) is 0 Å². The number of hydrogen-bond donors (Lipinski definition) is 1. The number of rotatable bonds is 2. The van der Waals surface area contributed by atoms with Gasteiger partial charge in [0.05, 0.1) is 11.2 Å². The number of fused-ring (bicyclic) bond motifs is 1. The molecule has 1 N–H and O–H groups in total. The Morgan fingerprint density at radius 2 is 1.78 bits per heavy atom. The molecule has 0 amide bonds. The zero-order valence-electron chi connectivity index (χ0n) is 12.7. The van der Waals surface area contributed by atoms with Gasteiger partial charge in [0.1, 0.15) is 0 Å². The molecule has 0 atom stereocenters. The monoisotopic (exact) mass is 324 g/mol. The molecular weight excluding hydrogens is 308 g/mol. The van der Waals surface area contributed by atoms with Gasteiger partial charge < -0.3 is 10.2 Å². The van der Waals surface area contributed by atoms with E-state index >= 15 is 0 Å². The van der Waals surface area contributed by atoms with Gasteiger partial charge in [-0.15, -0.1) is 0 Å². The fourth-order valence-electron chi connectivity index (χ4n) is 2.93. The van der Waals surface area contributed by atoms with Crippen molar-refractivity contribution in [3.63, 3.8) is 0 Å². The second kappa shape index (κ2) is 6.14. The van der Waals surface area contributed by atoms with Crippen LogP contribution >= 0.6 is 11.6 Å². The minimum atomic E-state index is 0.717. The van der Waals surface area contributed by atoms with Gasteiger partial charge in [-0.05, 0) is 18.2 Å². The maximum absolute atomic E-state index is 6.17. The Bertz CT molecular complexity index is 843. The highest BCUT2D eigenvalue weighted by molar-refractivity contribution is 6.30. The molecule has 1 aliphatic heterocycles. The van der Waals surface area contributed by atoms with Crippen molar-refractivity contribution >= 4 is 28.5 Å². The Morgan fingerprint density at radius 3 is 2.61 bits per heavy atom. The first-order chi connectivity index (χ1) is 11.3. The predicted molar refractivity (Wildman–Crippen MR) is 95.1 cm³/mol. The van der Waals surface area contributed by atoms with Crippen molar-refractivity contribution in [1.29, 1.82) is 0 Å². The molecule has 4 nitrogen and oxygen atoms in total. The van der Waals surface area contributed by atoms with E-state index in [1.165, 1.54) is 0 Å². The van der Waals surface area contributed by atoms with Crippen LogP contribution in [-0.2, 0) is 0 Å². The summed E-state index contributed by atoms with van der Waals surface area (Å²) in [5.41, 5.74) is 2.92. The van der Waals surface area contributed by atoms with Crippen LogP contribution in [0.3, 0.4) is 0 Å². The Kier molecular flexibility index (Phi) is 3.85. The molecule has 1 aliphatic rings. The smallest absolute Gasteiger partial charge is 0.226 e. The lowest BCUT2D eigenvalue weighted by molar-refractivity contribution is 0.581. The van der Waals surface area contributed by atoms with Crippen molar-refractivity contribution in [1.82, 2.24) is 15.3 Å². The molecule has 0 aliphatic carbocycles. The lowest BCUT2D eigenvalue weighted by Gasteiger charge is -2.28. The molecule has 23 heavy (non-hydrogen) atoms. The minimum Gasteiger partial charge on any atom is -0.338 e. The summed E-state index contributed by atoms with van der Waals surface area (Å²) in [6.07, 6.45) is 0. The van der Waals surface area contributed by atoms with Gasteiger partial charge in [0.25, 0.3) is 0 Å². The van der Waals surface area contributed by atoms with Gasteiger partial charge in [0.2, 0.25) is 5.95 Å². The fourth-order valence-corrected chi connectivity index (χ4v) is 3.12. The van der Waals surface area contributed by atoms with Crippen LogP contribution in [0.1, 0.15) is 0 Å². The molecule has 0 bridgehead atoms. The second-order valence-electron chi connectivity index (χ2n) is 5.64. The summed E-state index contributed by atoms with van der Waals surface area (Å²) in [7, 11) is 0. The lowest BCUT2D eigenvalue weighted by Crippen LogP contribution is -2.44. The molecule has 116 valence electrons. The highest BCUT2D eigenvalue weighted by Gasteiger charge is 2.16. The number of piperazine rings is 1. The standard InChI is InChI=1S/C18H17ClN4/c19-14-5-3-4-13(12-14)17-15-6-1-2-7-16(15)21-18(22-17)23-10-8-20-9-11-23/h1-7,12,20H,8-11H2. The van der Waals surface area contributed by atoms with Gasteiger partial charge in [0, 0.05) is 42.2 Å². The average Bonchev–Trinajstić information content (AvgIpc) is 2.61. The molecule has 3 aromatic rings. The first kappa shape index (κ1) is 14.4. The van der Waals surface area contributed by atoms with E-state index in [-0.39, 0.29) is 0 Å². The number of halogens is 1. The maximum atomic E-state index is 6.17. The largest absolute Gasteiger partial charge is 0.338 e. The number of nitrogens with one attached hydrogen (secondary N) is 1. The topological polar surface area (TPSA) is 41.1 Å². The van der Waals surface area contributed by atoms with Crippen molar-refractivity contribution in [2.75, 3.05) is 31.1 Å². The molecule has 2 aromatic carbocycles. The average molecular weight is 325 g/mol. The van der Waals surface area contributed by atoms with Crippen molar-refractivity contribution < 1.29 is 0 Å². The third-order valence-corrected chi connectivity index (χ3v) is 4.32. The second-order valence-corrected chi connectivity index (χ2v) is 6.07. The first-order valence-corrected chi connectivity index (χ1v) is 8.17. The van der Waals surface area contributed by atoms with Crippen LogP contribution in [0.25, 0.3) is 22.2 Å². The molecule has 2 heterocycles. The number of para-hydroxylation sites is 1. The summed E-state index contributed by atoms with van der Waals surface area (Å²) < 4.78 is 0. The molecule has 1 aromatic heterocycles. The van der Waals surface area contributed by atoms with E-state index in [0.717, 1.165) is 54.3 Å². The molecule has 0 radical (unpaired) electrons. The first-order valence-electron chi connectivity index (χ1n) is 7.80. The molecule has 4 rings (SSSR count). The summed E-state index contributed by atoms with van der Waals surface area (Å²) in [4.78, 5) is 11.9. The fraction of sp³-hybridized carbons (Fsp3) is 0.222. The SMILES string of the molecule is Clc1cccc(-c2nc(N3CCNCC3)nc3ccccc23)c1. The molecular formula is C18H17ClN4. The van der Waals surface area contributed by atoms with Gasteiger partial charge in [-0.1, -0.05) is 41.9 Å². The van der Waals surface area contributed by atoms with Crippen LogP contribution < -0.4 is 10.2 Å². The Labute approximate surface area is 140 Å². The van der Waals surface area contributed by atoms with Gasteiger partial charge in [-0.2, -0.15) is 0 Å². The summed E-state index contributed by atoms with van der Waals surface area (Å²) in [6.45, 7) is 3.77. The molecule has 1 fully saturated rings. The van der Waals surface area contributed by atoms with Gasteiger partial charge >= 0.3 is 0 Å². The van der Waals surface area contributed by atoms with Crippen LogP contribution in [0.4, 0.5) is 5.95 Å². The quantitative estimate of drug-likeness (QED) is 0.785. The summed E-state index contributed by atoms with van der Waals surface area (Å²) in [5, 5.41) is 5.13. The number of nitrogens with zero attached hydrogens (tertiary/aromatic N) is 3. The molecule has 1 saturated heterocycles. The number of anilines is 1. The third-order valence-electron chi connectivity index (χ3n) is 4.09. The van der Waals surface area contributed by atoms with E-state index in [9.17, 15) is 0 Å². The van der Waals surface area contributed by atoms with Gasteiger partial charge in [0.15, 0.2) is 0 Å². The number of benzene rings is 2. The summed E-state index contributed by atoms with van der Waals surface area (Å²) >= 11 is 6.17. The molecule has 0 unspecified atom stereocenters. The van der Waals surface area contributed by atoms with E-state index in [1.807, 2.05) is 42.5 Å². The van der Waals surface area contributed by atoms with Gasteiger partial charge in [-0.3, -0.25) is 0 Å². The van der Waals surface area contributed by atoms with E-state index in [1.54, 1.807) is 0 Å². The Balaban J connectivity index is 1.90. The van der Waals surface area contributed by atoms with Crippen LogP contribution in [0, 0.1) is 0 Å². The zero-order chi connectivity index (χ0) is 15.6. The maximum Gasteiger partial charge on any atom is 0.226 e. The van der Waals surface area contributed by atoms with Crippen molar-refractivity contribution in [3.05, 3.63) is 53.6 Å². The predicted octanol–water partition coefficient (Wildman–Crippen LogP) is 3.36. The Hall–Kier alpha value is -2.17. The molecule has 0 spiro atoms. The highest BCUT2D eigenvalue weighted by atomic mass is 35.5. The van der Waals surface area contributed by atoms with Crippen molar-refractivity contribution in [3.8, 4) is 11.3 Å². The van der Waals surface area contributed by atoms with E-state index < -0.39 is 0 Å². The van der Waals surface area contributed by atoms with Crippen molar-refractivity contribution in [2.24, 2.45) is 0 Å². The molecule has 5 heteroatoms. The van der Waals surface area contributed by atoms with E-state index in [4.69, 9.17) is 21.6 Å². The molecule has 0 saturated carbocycles. The van der Waals surface area contributed by atoms with Crippen LogP contribution in [0.5, 0.6) is 0 Å². The van der Waals surface area contributed by atoms with Gasteiger partial charge in [-0.25, -0.2) is 9.97 Å².